The molecule has 4 aliphatic heterocycles. The highest BCUT2D eigenvalue weighted by atomic mass is 35.5. The number of benzene rings is 2. The number of thiazole rings is 1. The van der Waals surface area contributed by atoms with Gasteiger partial charge in [-0.1, -0.05) is 22.9 Å². The van der Waals surface area contributed by atoms with Crippen molar-refractivity contribution < 1.29 is 17.9 Å². The van der Waals surface area contributed by atoms with E-state index >= 15 is 4.39 Å². The minimum atomic E-state index is -0.884. The highest BCUT2D eigenvalue weighted by Gasteiger charge is 2.49. The minimum absolute atomic E-state index is 0.0569. The summed E-state index contributed by atoms with van der Waals surface area (Å²) in [6, 6.07) is 4.86. The summed E-state index contributed by atoms with van der Waals surface area (Å²) in [6.07, 6.45) is 3.50. The molecule has 6 heterocycles. The first kappa shape index (κ1) is 26.7. The summed E-state index contributed by atoms with van der Waals surface area (Å²) in [7, 11) is 0. The van der Waals surface area contributed by atoms with Crippen LogP contribution in [0, 0.1) is 11.6 Å². The first-order valence-corrected chi connectivity index (χ1v) is 15.5. The standard InChI is InChI=1S/C29H29ClF3N7OS/c30-22-21(17-4-5-19(32)25-24(17)36-27(34)42-25)20(33)8-18-23(22)37-28(38-26(18)39-11-15-2-3-16(12-39)35-15)41-13-29-6-1-7-40(29)10-14(31)9-29/h4-5,8,14-16,35H,1-3,6-7,9-13H2,(H2,34,36). The number of hydrogen-bond donors (Lipinski definition) is 2. The zero-order chi connectivity index (χ0) is 28.7. The number of hydrogen-bond acceptors (Lipinski definition) is 9. The van der Waals surface area contributed by atoms with Gasteiger partial charge in [0, 0.05) is 54.7 Å². The van der Waals surface area contributed by atoms with E-state index in [1.54, 1.807) is 0 Å². The summed E-state index contributed by atoms with van der Waals surface area (Å²) in [5.41, 5.74) is 6.47. The average molecular weight is 616 g/mol. The summed E-state index contributed by atoms with van der Waals surface area (Å²) in [6.45, 7) is 2.94. The Morgan fingerprint density at radius 3 is 2.71 bits per heavy atom. The van der Waals surface area contributed by atoms with E-state index < -0.39 is 17.8 Å². The number of nitrogens with zero attached hydrogens (tertiary/aromatic N) is 5. The van der Waals surface area contributed by atoms with Crippen LogP contribution in [0.1, 0.15) is 32.1 Å². The number of fused-ring (bicyclic) bond motifs is 5. The summed E-state index contributed by atoms with van der Waals surface area (Å²) < 4.78 is 51.5. The van der Waals surface area contributed by atoms with Crippen LogP contribution in [0.5, 0.6) is 6.01 Å². The lowest BCUT2D eigenvalue weighted by Crippen LogP contribution is -2.51. The van der Waals surface area contributed by atoms with Crippen molar-refractivity contribution in [2.45, 2.75) is 55.9 Å². The van der Waals surface area contributed by atoms with Gasteiger partial charge in [0.2, 0.25) is 0 Å². The van der Waals surface area contributed by atoms with Crippen LogP contribution < -0.4 is 20.7 Å². The zero-order valence-corrected chi connectivity index (χ0v) is 24.2. The van der Waals surface area contributed by atoms with Crippen molar-refractivity contribution in [3.05, 3.63) is 34.9 Å². The van der Waals surface area contributed by atoms with Gasteiger partial charge in [-0.3, -0.25) is 4.90 Å². The predicted molar refractivity (Wildman–Crippen MR) is 158 cm³/mol. The highest BCUT2D eigenvalue weighted by molar-refractivity contribution is 7.22. The second-order valence-corrected chi connectivity index (χ2v) is 13.4. The molecule has 3 N–H and O–H groups in total. The molecule has 0 radical (unpaired) electrons. The van der Waals surface area contributed by atoms with Crippen molar-refractivity contribution in [2.24, 2.45) is 0 Å². The van der Waals surface area contributed by atoms with E-state index in [4.69, 9.17) is 32.0 Å². The van der Waals surface area contributed by atoms with E-state index in [9.17, 15) is 8.78 Å². The molecule has 0 spiro atoms. The number of halogens is 4. The molecule has 4 aliphatic rings. The van der Waals surface area contributed by atoms with Crippen molar-refractivity contribution in [3.63, 3.8) is 0 Å². The third kappa shape index (κ3) is 4.21. The summed E-state index contributed by atoms with van der Waals surface area (Å²) in [4.78, 5) is 18.1. The Hall–Kier alpha value is -2.93. The molecule has 0 amide bonds. The maximum Gasteiger partial charge on any atom is 0.319 e. The Morgan fingerprint density at radius 1 is 1.10 bits per heavy atom. The summed E-state index contributed by atoms with van der Waals surface area (Å²) >= 11 is 7.99. The number of rotatable bonds is 5. The van der Waals surface area contributed by atoms with E-state index in [2.05, 4.69) is 20.1 Å². The second kappa shape index (κ2) is 9.80. The number of aromatic nitrogens is 3. The van der Waals surface area contributed by atoms with Crippen LogP contribution in [0.15, 0.2) is 18.2 Å². The number of piperazine rings is 1. The minimum Gasteiger partial charge on any atom is -0.461 e. The Labute approximate surface area is 249 Å². The van der Waals surface area contributed by atoms with Gasteiger partial charge in [-0.2, -0.15) is 9.97 Å². The molecule has 4 fully saturated rings. The van der Waals surface area contributed by atoms with Gasteiger partial charge in [0.15, 0.2) is 5.13 Å². The maximum atomic E-state index is 16.1. The third-order valence-electron chi connectivity index (χ3n) is 9.37. The van der Waals surface area contributed by atoms with Gasteiger partial charge < -0.3 is 20.7 Å². The van der Waals surface area contributed by atoms with E-state index in [0.29, 0.717) is 60.4 Å². The molecule has 220 valence electrons. The lowest BCUT2D eigenvalue weighted by atomic mass is 9.95. The molecular weight excluding hydrogens is 587 g/mol. The Kier molecular flexibility index (Phi) is 6.22. The average Bonchev–Trinajstić information content (AvgIpc) is 3.70. The molecule has 8 nitrogen and oxygen atoms in total. The van der Waals surface area contributed by atoms with Crippen LogP contribution in [-0.4, -0.2) is 76.4 Å². The lowest BCUT2D eigenvalue weighted by molar-refractivity contribution is 0.107. The molecule has 4 saturated heterocycles. The van der Waals surface area contributed by atoms with E-state index in [0.717, 1.165) is 43.6 Å². The molecule has 4 atom stereocenters. The number of anilines is 2. The molecule has 4 unspecified atom stereocenters. The molecule has 8 rings (SSSR count). The number of nitrogens with two attached hydrogens (primary N) is 1. The Bertz CT molecular complexity index is 1730. The first-order valence-electron chi connectivity index (χ1n) is 14.4. The first-order chi connectivity index (χ1) is 20.3. The fourth-order valence-corrected chi connectivity index (χ4v) is 8.62. The van der Waals surface area contributed by atoms with Gasteiger partial charge in [-0.05, 0) is 50.4 Å². The van der Waals surface area contributed by atoms with Crippen molar-refractivity contribution in [1.82, 2.24) is 25.2 Å². The van der Waals surface area contributed by atoms with Gasteiger partial charge in [0.05, 0.1) is 26.3 Å². The van der Waals surface area contributed by atoms with Crippen LogP contribution in [0.3, 0.4) is 0 Å². The van der Waals surface area contributed by atoms with Crippen molar-refractivity contribution in [1.29, 1.82) is 0 Å². The fraction of sp³-hybridized carbons (Fsp3) is 0.483. The largest absolute Gasteiger partial charge is 0.461 e. The second-order valence-electron chi connectivity index (χ2n) is 12.0. The van der Waals surface area contributed by atoms with Crippen molar-refractivity contribution >= 4 is 55.0 Å². The van der Waals surface area contributed by atoms with Crippen LogP contribution in [0.25, 0.3) is 32.2 Å². The predicted octanol–water partition coefficient (Wildman–Crippen LogP) is 5.32. The topological polar surface area (TPSA) is 92.4 Å². The van der Waals surface area contributed by atoms with Crippen LogP contribution >= 0.6 is 22.9 Å². The molecule has 2 aromatic heterocycles. The van der Waals surface area contributed by atoms with Gasteiger partial charge in [-0.25, -0.2) is 18.2 Å². The van der Waals surface area contributed by atoms with E-state index in [1.165, 1.54) is 18.2 Å². The smallest absolute Gasteiger partial charge is 0.319 e. The van der Waals surface area contributed by atoms with Crippen molar-refractivity contribution in [2.75, 3.05) is 43.4 Å². The van der Waals surface area contributed by atoms with E-state index in [1.807, 2.05) is 0 Å². The third-order valence-corrected chi connectivity index (χ3v) is 10.6. The number of nitrogens with one attached hydrogen (secondary N) is 1. The fourth-order valence-electron chi connectivity index (χ4n) is 7.52. The Morgan fingerprint density at radius 2 is 1.90 bits per heavy atom. The van der Waals surface area contributed by atoms with Crippen molar-refractivity contribution in [3.8, 4) is 17.1 Å². The quantitative estimate of drug-likeness (QED) is 0.312. The zero-order valence-electron chi connectivity index (χ0n) is 22.7. The molecule has 2 bridgehead atoms. The molecule has 4 aromatic rings. The van der Waals surface area contributed by atoms with Crippen LogP contribution in [0.2, 0.25) is 5.02 Å². The SMILES string of the molecule is Nc1nc2c(-c3c(F)cc4c(N5CC6CCC(C5)N6)nc(OCC56CCCN5CC(F)C6)nc4c3Cl)ccc(F)c2s1. The van der Waals surface area contributed by atoms with E-state index in [-0.39, 0.29) is 44.1 Å². The molecule has 13 heteroatoms. The summed E-state index contributed by atoms with van der Waals surface area (Å²) in [5, 5.41) is 4.31. The van der Waals surface area contributed by atoms with Gasteiger partial charge >= 0.3 is 6.01 Å². The Balaban J connectivity index is 1.27. The molecule has 42 heavy (non-hydrogen) atoms. The number of nitrogen functional groups attached to an aromatic ring is 1. The lowest BCUT2D eigenvalue weighted by Gasteiger charge is -2.34. The van der Waals surface area contributed by atoms with Crippen LogP contribution in [-0.2, 0) is 0 Å². The van der Waals surface area contributed by atoms with Gasteiger partial charge in [0.1, 0.15) is 30.2 Å². The molecular formula is C29H29ClF3N7OS. The molecule has 0 aliphatic carbocycles. The highest BCUT2D eigenvalue weighted by Crippen LogP contribution is 2.44. The summed E-state index contributed by atoms with van der Waals surface area (Å²) in [5.74, 6) is -0.529. The van der Waals surface area contributed by atoms with Crippen LogP contribution in [0.4, 0.5) is 24.1 Å². The monoisotopic (exact) mass is 615 g/mol. The molecule has 0 saturated carbocycles. The number of ether oxygens (including phenoxy) is 1. The molecule has 2 aromatic carbocycles. The van der Waals surface area contributed by atoms with Gasteiger partial charge in [-0.15, -0.1) is 0 Å². The normalized spacial score (nSPS) is 27.4. The number of alkyl halides is 1. The van der Waals surface area contributed by atoms with Gasteiger partial charge in [0.25, 0.3) is 0 Å². The maximum absolute atomic E-state index is 16.1.